The van der Waals surface area contributed by atoms with Crippen molar-refractivity contribution < 1.29 is 26.7 Å². The van der Waals surface area contributed by atoms with Gasteiger partial charge in [-0.2, -0.15) is 18.3 Å². The Kier molecular flexibility index (Phi) is 7.06. The number of hydrogen-bond donors (Lipinski definition) is 2. The van der Waals surface area contributed by atoms with Crippen LogP contribution in [0.1, 0.15) is 75.7 Å². The number of aromatic nitrogens is 3. The van der Waals surface area contributed by atoms with Gasteiger partial charge in [-0.05, 0) is 36.3 Å². The zero-order valence-corrected chi connectivity index (χ0v) is 18.0. The molecule has 0 saturated heterocycles. The minimum atomic E-state index is -4.40. The molecule has 0 bridgehead atoms. The second-order valence-corrected chi connectivity index (χ2v) is 8.88. The minimum Gasteiger partial charge on any atom is -0.349 e. The monoisotopic (exact) mass is 461 g/mol. The van der Waals surface area contributed by atoms with Crippen LogP contribution in [0.4, 0.5) is 22.0 Å². The average Bonchev–Trinajstić information content (AvgIpc) is 3.12. The van der Waals surface area contributed by atoms with Crippen molar-refractivity contribution in [2.45, 2.75) is 76.6 Å². The van der Waals surface area contributed by atoms with E-state index in [0.717, 1.165) is 0 Å². The maximum absolute atomic E-state index is 13.4. The van der Waals surface area contributed by atoms with E-state index in [1.54, 1.807) is 12.3 Å². The number of amides is 1. The summed E-state index contributed by atoms with van der Waals surface area (Å²) in [5.74, 6) is -3.53. The maximum Gasteiger partial charge on any atom is 0.389 e. The van der Waals surface area contributed by atoms with Crippen LogP contribution in [0.5, 0.6) is 0 Å². The third kappa shape index (κ3) is 6.14. The van der Waals surface area contributed by atoms with Gasteiger partial charge in [0.1, 0.15) is 0 Å². The number of nitrogens with two attached hydrogens (primary N) is 1. The van der Waals surface area contributed by atoms with Crippen molar-refractivity contribution in [2.24, 2.45) is 17.6 Å². The van der Waals surface area contributed by atoms with Crippen LogP contribution < -0.4 is 11.1 Å². The largest absolute Gasteiger partial charge is 0.389 e. The van der Waals surface area contributed by atoms with E-state index in [9.17, 15) is 26.7 Å². The van der Waals surface area contributed by atoms with Gasteiger partial charge in [0.25, 0.3) is 0 Å². The van der Waals surface area contributed by atoms with Gasteiger partial charge in [0.2, 0.25) is 11.8 Å². The molecule has 2 heterocycles. The van der Waals surface area contributed by atoms with Crippen LogP contribution in [0.15, 0.2) is 18.5 Å². The summed E-state index contributed by atoms with van der Waals surface area (Å²) in [7, 11) is 0. The van der Waals surface area contributed by atoms with E-state index in [1.165, 1.54) is 10.7 Å². The quantitative estimate of drug-likeness (QED) is 0.585. The number of nitrogens with one attached hydrogen (secondary N) is 1. The summed E-state index contributed by atoms with van der Waals surface area (Å²) in [6.45, 7) is 3.68. The van der Waals surface area contributed by atoms with Crippen LogP contribution in [0.25, 0.3) is 5.65 Å². The SMILES string of the molecule is CC(C)C(NC(=O)CCC(F)(F)F)c1cnn2cc([C@@H](N)C3CCC(F)(F)CC3)nc2c1. The Balaban J connectivity index is 1.74. The number of hydrogen-bond acceptors (Lipinski definition) is 4. The Labute approximate surface area is 182 Å². The average molecular weight is 461 g/mol. The smallest absolute Gasteiger partial charge is 0.349 e. The standard InChI is InChI=1S/C21H28F5N5O/c1-12(2)19(30-17(32)5-8-21(24,25)26)14-9-16-29-15(11-31(16)28-10-14)18(27)13-3-6-20(22,23)7-4-13/h9-13,18-19H,3-8,27H2,1-2H3,(H,30,32)/t18-,19?/m0/s1. The number of fused-ring (bicyclic) bond motifs is 1. The summed E-state index contributed by atoms with van der Waals surface area (Å²) in [5, 5.41) is 6.94. The summed E-state index contributed by atoms with van der Waals surface area (Å²) in [6.07, 6.45) is -2.79. The van der Waals surface area contributed by atoms with E-state index in [2.05, 4.69) is 15.4 Å². The topological polar surface area (TPSA) is 85.3 Å². The zero-order chi connectivity index (χ0) is 23.7. The molecule has 0 aliphatic heterocycles. The molecule has 1 amide bonds. The van der Waals surface area contributed by atoms with Crippen molar-refractivity contribution in [1.29, 1.82) is 0 Å². The molecule has 1 saturated carbocycles. The fourth-order valence-electron chi connectivity index (χ4n) is 4.04. The van der Waals surface area contributed by atoms with Crippen molar-refractivity contribution in [3.05, 3.63) is 29.7 Å². The van der Waals surface area contributed by atoms with Crippen LogP contribution in [0.2, 0.25) is 0 Å². The molecule has 1 fully saturated rings. The third-order valence-electron chi connectivity index (χ3n) is 5.95. The highest BCUT2D eigenvalue weighted by Crippen LogP contribution is 2.40. The van der Waals surface area contributed by atoms with E-state index < -0.39 is 42.9 Å². The number of nitrogens with zero attached hydrogens (tertiary/aromatic N) is 3. The molecular weight excluding hydrogens is 433 g/mol. The van der Waals surface area contributed by atoms with Gasteiger partial charge in [-0.15, -0.1) is 0 Å². The molecule has 11 heteroatoms. The van der Waals surface area contributed by atoms with Crippen LogP contribution in [0.3, 0.4) is 0 Å². The summed E-state index contributed by atoms with van der Waals surface area (Å²) >= 11 is 0. The van der Waals surface area contributed by atoms with Gasteiger partial charge < -0.3 is 11.1 Å². The number of halogens is 5. The van der Waals surface area contributed by atoms with Crippen molar-refractivity contribution in [3.8, 4) is 0 Å². The summed E-state index contributed by atoms with van der Waals surface area (Å²) < 4.78 is 65.6. The van der Waals surface area contributed by atoms with E-state index in [0.29, 0.717) is 29.7 Å². The van der Waals surface area contributed by atoms with E-state index >= 15 is 0 Å². The first kappa shape index (κ1) is 24.3. The van der Waals surface area contributed by atoms with Crippen LogP contribution >= 0.6 is 0 Å². The van der Waals surface area contributed by atoms with E-state index in [-0.39, 0.29) is 24.7 Å². The number of alkyl halides is 5. The molecule has 32 heavy (non-hydrogen) atoms. The van der Waals surface area contributed by atoms with Crippen LogP contribution in [-0.2, 0) is 4.79 Å². The maximum atomic E-state index is 13.4. The minimum absolute atomic E-state index is 0.102. The summed E-state index contributed by atoms with van der Waals surface area (Å²) in [5.41, 5.74) is 7.92. The first-order chi connectivity index (χ1) is 14.8. The summed E-state index contributed by atoms with van der Waals surface area (Å²) in [6, 6.07) is 0.661. The second-order valence-electron chi connectivity index (χ2n) is 8.88. The van der Waals surface area contributed by atoms with Gasteiger partial charge in [-0.1, -0.05) is 13.8 Å². The van der Waals surface area contributed by atoms with Crippen molar-refractivity contribution in [1.82, 2.24) is 19.9 Å². The molecule has 2 aromatic rings. The second kappa shape index (κ2) is 9.29. The lowest BCUT2D eigenvalue weighted by atomic mass is 9.81. The number of carbonyl (C=O) groups is 1. The van der Waals surface area contributed by atoms with Gasteiger partial charge >= 0.3 is 6.18 Å². The first-order valence-electron chi connectivity index (χ1n) is 10.7. The highest BCUT2D eigenvalue weighted by Gasteiger charge is 2.37. The Bertz CT molecular complexity index is 932. The molecule has 3 rings (SSSR count). The number of imidazole rings is 1. The number of carbonyl (C=O) groups excluding carboxylic acids is 1. The van der Waals surface area contributed by atoms with Gasteiger partial charge in [0.15, 0.2) is 5.65 Å². The lowest BCUT2D eigenvalue weighted by molar-refractivity contribution is -0.144. The molecule has 3 N–H and O–H groups in total. The van der Waals surface area contributed by atoms with Crippen molar-refractivity contribution in [2.75, 3.05) is 0 Å². The van der Waals surface area contributed by atoms with Crippen molar-refractivity contribution in [3.63, 3.8) is 0 Å². The zero-order valence-electron chi connectivity index (χ0n) is 18.0. The lowest BCUT2D eigenvalue weighted by Crippen LogP contribution is -2.32. The predicted octanol–water partition coefficient (Wildman–Crippen LogP) is 4.71. The van der Waals surface area contributed by atoms with Crippen LogP contribution in [-0.4, -0.2) is 32.6 Å². The fraction of sp³-hybridized carbons (Fsp3) is 0.667. The third-order valence-corrected chi connectivity index (χ3v) is 5.95. The first-order valence-corrected chi connectivity index (χ1v) is 10.7. The molecule has 0 spiro atoms. The van der Waals surface area contributed by atoms with E-state index in [4.69, 9.17) is 5.73 Å². The Morgan fingerprint density at radius 2 is 1.97 bits per heavy atom. The van der Waals surface area contributed by atoms with Gasteiger partial charge in [-0.3, -0.25) is 4.79 Å². The Morgan fingerprint density at radius 1 is 1.31 bits per heavy atom. The highest BCUT2D eigenvalue weighted by atomic mass is 19.4. The van der Waals surface area contributed by atoms with Crippen molar-refractivity contribution >= 4 is 11.6 Å². The molecule has 0 radical (unpaired) electrons. The lowest BCUT2D eigenvalue weighted by Gasteiger charge is -2.31. The molecule has 1 aliphatic carbocycles. The molecular formula is C21H28F5N5O. The molecule has 1 aliphatic rings. The molecule has 6 nitrogen and oxygen atoms in total. The Hall–Kier alpha value is -2.30. The normalized spacial score (nSPS) is 19.3. The molecule has 2 aromatic heterocycles. The van der Waals surface area contributed by atoms with E-state index in [1.807, 2.05) is 13.8 Å². The van der Waals surface area contributed by atoms with Gasteiger partial charge in [-0.25, -0.2) is 18.3 Å². The highest BCUT2D eigenvalue weighted by molar-refractivity contribution is 5.76. The molecule has 1 unspecified atom stereocenters. The predicted molar refractivity (Wildman–Crippen MR) is 108 cm³/mol. The van der Waals surface area contributed by atoms with Crippen LogP contribution in [0, 0.1) is 11.8 Å². The van der Waals surface area contributed by atoms with Gasteiger partial charge in [0, 0.05) is 19.3 Å². The van der Waals surface area contributed by atoms with Gasteiger partial charge in [0.05, 0.1) is 36.6 Å². The summed E-state index contributed by atoms with van der Waals surface area (Å²) in [4.78, 5) is 16.5. The fourth-order valence-corrected chi connectivity index (χ4v) is 4.04. The Morgan fingerprint density at radius 3 is 2.56 bits per heavy atom. The molecule has 0 aromatic carbocycles. The number of rotatable bonds is 7. The molecule has 2 atom stereocenters. The molecule has 178 valence electrons.